The van der Waals surface area contributed by atoms with Gasteiger partial charge >= 0.3 is 0 Å². The Hall–Kier alpha value is -2.21. The van der Waals surface area contributed by atoms with E-state index in [-0.39, 0.29) is 0 Å². The highest BCUT2D eigenvalue weighted by Gasteiger charge is 2.86. The molecule has 1 fully saturated rings. The summed E-state index contributed by atoms with van der Waals surface area (Å²) in [5, 5.41) is 0. The van der Waals surface area contributed by atoms with Crippen LogP contribution in [0, 0.1) is 0 Å². The predicted octanol–water partition coefficient (Wildman–Crippen LogP) is 6.83. The Labute approximate surface area is 199 Å². The zero-order valence-corrected chi connectivity index (χ0v) is 20.4. The van der Waals surface area contributed by atoms with Gasteiger partial charge in [0.2, 0.25) is 0 Å². The molecule has 1 heterocycles. The van der Waals surface area contributed by atoms with Crippen molar-refractivity contribution in [2.24, 2.45) is 0 Å². The van der Waals surface area contributed by atoms with Gasteiger partial charge in [-0.15, -0.1) is 0 Å². The monoisotopic (exact) mass is 552 g/mol. The molecule has 5 heteroatoms. The SMILES string of the molecule is O=S1(=O)C(c2ccccc2)(c2ccc(Br)cc2)C1(c1ccccc1)c1ccc(Br)cc1. The Balaban J connectivity index is 1.94. The van der Waals surface area contributed by atoms with E-state index in [0.717, 1.165) is 31.2 Å². The van der Waals surface area contributed by atoms with E-state index in [9.17, 15) is 8.42 Å². The molecule has 5 rings (SSSR count). The second-order valence-corrected chi connectivity index (χ2v) is 11.7. The van der Waals surface area contributed by atoms with Gasteiger partial charge in [-0.3, -0.25) is 0 Å². The van der Waals surface area contributed by atoms with E-state index < -0.39 is 19.3 Å². The largest absolute Gasteiger partial charge is 0.226 e. The molecule has 31 heavy (non-hydrogen) atoms. The Bertz CT molecular complexity index is 1240. The third-order valence-electron chi connectivity index (χ3n) is 6.12. The first-order valence-corrected chi connectivity index (χ1v) is 12.9. The molecule has 0 saturated carbocycles. The molecule has 2 unspecified atom stereocenters. The van der Waals surface area contributed by atoms with Crippen LogP contribution in [0.3, 0.4) is 0 Å². The lowest BCUT2D eigenvalue weighted by atomic mass is 9.74. The molecule has 2 atom stereocenters. The highest BCUT2D eigenvalue weighted by Crippen LogP contribution is 2.74. The first-order chi connectivity index (χ1) is 15.0. The molecule has 0 amide bonds. The predicted molar refractivity (Wildman–Crippen MR) is 132 cm³/mol. The van der Waals surface area contributed by atoms with Crippen molar-refractivity contribution in [1.82, 2.24) is 0 Å². The summed E-state index contributed by atoms with van der Waals surface area (Å²) in [6.07, 6.45) is 0. The van der Waals surface area contributed by atoms with Gasteiger partial charge < -0.3 is 0 Å². The molecule has 1 aliphatic rings. The van der Waals surface area contributed by atoms with Crippen molar-refractivity contribution in [3.05, 3.63) is 140 Å². The molecule has 4 aromatic rings. The van der Waals surface area contributed by atoms with Crippen LogP contribution >= 0.6 is 31.9 Å². The third-order valence-corrected chi connectivity index (χ3v) is 10.1. The maximum atomic E-state index is 14.4. The maximum Gasteiger partial charge on any atom is 0.182 e. The molecular weight excluding hydrogens is 536 g/mol. The minimum Gasteiger partial charge on any atom is -0.226 e. The van der Waals surface area contributed by atoms with Crippen LogP contribution in [0.5, 0.6) is 0 Å². The standard InChI is InChI=1S/C26H18Br2O2S/c27-23-15-11-21(12-16-23)25(19-7-3-1-4-8-19)26(31(25,29)30,20-9-5-2-6-10-20)22-13-17-24(28)18-14-22/h1-18H. The maximum absolute atomic E-state index is 14.4. The quantitative estimate of drug-likeness (QED) is 0.260. The van der Waals surface area contributed by atoms with Crippen molar-refractivity contribution in [2.75, 3.05) is 0 Å². The van der Waals surface area contributed by atoms with E-state index in [1.165, 1.54) is 0 Å². The fourth-order valence-corrected chi connectivity index (χ4v) is 8.69. The van der Waals surface area contributed by atoms with E-state index >= 15 is 0 Å². The van der Waals surface area contributed by atoms with Crippen molar-refractivity contribution >= 4 is 41.7 Å². The van der Waals surface area contributed by atoms with Gasteiger partial charge in [0.05, 0.1) is 0 Å². The fraction of sp³-hybridized carbons (Fsp3) is 0.0769. The first kappa shape index (κ1) is 20.7. The number of sulfone groups is 1. The second-order valence-electron chi connectivity index (χ2n) is 7.61. The highest BCUT2D eigenvalue weighted by atomic mass is 79.9. The summed E-state index contributed by atoms with van der Waals surface area (Å²) in [5.41, 5.74) is 3.05. The average Bonchev–Trinajstić information content (AvgIpc) is 3.28. The van der Waals surface area contributed by atoms with Crippen molar-refractivity contribution in [1.29, 1.82) is 0 Å². The number of hydrogen-bond acceptors (Lipinski definition) is 2. The molecule has 0 radical (unpaired) electrons. The van der Waals surface area contributed by atoms with Crippen molar-refractivity contribution < 1.29 is 8.42 Å². The fourth-order valence-electron chi connectivity index (χ4n) is 4.89. The van der Waals surface area contributed by atoms with Crippen LogP contribution in [0.1, 0.15) is 22.3 Å². The van der Waals surface area contributed by atoms with Crippen LogP contribution in [0.2, 0.25) is 0 Å². The second kappa shape index (κ2) is 7.44. The summed E-state index contributed by atoms with van der Waals surface area (Å²) in [6.45, 7) is 0. The van der Waals surface area contributed by atoms with Gasteiger partial charge in [0, 0.05) is 8.95 Å². The minimum atomic E-state index is -3.69. The summed E-state index contributed by atoms with van der Waals surface area (Å²) in [6, 6.07) is 34.4. The first-order valence-electron chi connectivity index (χ1n) is 9.83. The molecule has 4 aromatic carbocycles. The van der Waals surface area contributed by atoms with E-state index in [0.29, 0.717) is 0 Å². The van der Waals surface area contributed by atoms with E-state index in [1.54, 1.807) is 0 Å². The third kappa shape index (κ3) is 2.70. The van der Waals surface area contributed by atoms with Gasteiger partial charge in [0.1, 0.15) is 0 Å². The number of rotatable bonds is 4. The van der Waals surface area contributed by atoms with Gasteiger partial charge in [-0.25, -0.2) is 8.42 Å². The molecule has 0 aromatic heterocycles. The number of hydrogen-bond donors (Lipinski definition) is 0. The van der Waals surface area contributed by atoms with Gasteiger partial charge in [-0.1, -0.05) is 117 Å². The Kier molecular flexibility index (Phi) is 4.96. The molecule has 0 N–H and O–H groups in total. The molecule has 0 bridgehead atoms. The molecule has 1 saturated heterocycles. The van der Waals surface area contributed by atoms with Gasteiger partial charge in [-0.05, 0) is 46.5 Å². The van der Waals surface area contributed by atoms with Crippen LogP contribution in [0.15, 0.2) is 118 Å². The van der Waals surface area contributed by atoms with Crippen LogP contribution in [-0.4, -0.2) is 8.42 Å². The normalized spacial score (nSPS) is 23.9. The van der Waals surface area contributed by atoms with Crippen molar-refractivity contribution in [3.63, 3.8) is 0 Å². The zero-order valence-electron chi connectivity index (χ0n) is 16.4. The van der Waals surface area contributed by atoms with E-state index in [4.69, 9.17) is 0 Å². The van der Waals surface area contributed by atoms with Crippen LogP contribution in [-0.2, 0) is 19.3 Å². The van der Waals surface area contributed by atoms with E-state index in [2.05, 4.69) is 31.9 Å². The lowest BCUT2D eigenvalue weighted by Crippen LogP contribution is -2.25. The van der Waals surface area contributed by atoms with Crippen LogP contribution in [0.25, 0.3) is 0 Å². The summed E-state index contributed by atoms with van der Waals surface area (Å²) in [5.74, 6) is 0. The smallest absolute Gasteiger partial charge is 0.182 e. The highest BCUT2D eigenvalue weighted by molar-refractivity contribution is 9.10. The van der Waals surface area contributed by atoms with Crippen LogP contribution in [0.4, 0.5) is 0 Å². The lowest BCUT2D eigenvalue weighted by molar-refractivity contribution is 0.607. The molecular formula is C26H18Br2O2S. The zero-order chi connectivity index (χ0) is 21.7. The summed E-state index contributed by atoms with van der Waals surface area (Å²) in [7, 11) is -3.69. The van der Waals surface area contributed by atoms with Gasteiger partial charge in [0.25, 0.3) is 0 Å². The Morgan fingerprint density at radius 1 is 0.452 bits per heavy atom. The van der Waals surface area contributed by atoms with Crippen LogP contribution < -0.4 is 0 Å². The van der Waals surface area contributed by atoms with E-state index in [1.807, 2.05) is 109 Å². The van der Waals surface area contributed by atoms with Crippen molar-refractivity contribution in [3.8, 4) is 0 Å². The molecule has 2 nitrogen and oxygen atoms in total. The Morgan fingerprint density at radius 3 is 1.06 bits per heavy atom. The van der Waals surface area contributed by atoms with Gasteiger partial charge in [-0.2, -0.15) is 0 Å². The molecule has 0 aliphatic carbocycles. The Morgan fingerprint density at radius 2 is 0.742 bits per heavy atom. The lowest BCUT2D eigenvalue weighted by Gasteiger charge is -2.23. The van der Waals surface area contributed by atoms with Gasteiger partial charge in [0.15, 0.2) is 19.3 Å². The molecule has 1 aliphatic heterocycles. The number of halogens is 2. The average molecular weight is 554 g/mol. The molecule has 0 spiro atoms. The summed E-state index contributed by atoms with van der Waals surface area (Å²) >= 11 is 6.98. The summed E-state index contributed by atoms with van der Waals surface area (Å²) in [4.78, 5) is 0. The minimum absolute atomic E-state index is 0.758. The molecule has 154 valence electrons. The number of benzene rings is 4. The topological polar surface area (TPSA) is 34.1 Å². The van der Waals surface area contributed by atoms with Crippen molar-refractivity contribution in [2.45, 2.75) is 9.49 Å². The summed E-state index contributed by atoms with van der Waals surface area (Å²) < 4.78 is 28.2.